The number of amides is 1. The Morgan fingerprint density at radius 1 is 1.33 bits per heavy atom. The van der Waals surface area contributed by atoms with Gasteiger partial charge < -0.3 is 10.1 Å². The second-order valence-corrected chi connectivity index (χ2v) is 8.22. The largest absolute Gasteiger partial charge is 0.376 e. The summed E-state index contributed by atoms with van der Waals surface area (Å²) in [5.41, 5.74) is 1.32. The Balaban J connectivity index is 1.34. The fourth-order valence-corrected chi connectivity index (χ4v) is 4.60. The molecule has 2 aliphatic heterocycles. The maximum absolute atomic E-state index is 12.1. The van der Waals surface area contributed by atoms with E-state index in [0.29, 0.717) is 18.3 Å². The molecule has 2 heterocycles. The molecule has 1 atom stereocenters. The van der Waals surface area contributed by atoms with Gasteiger partial charge in [0.2, 0.25) is 5.91 Å². The van der Waals surface area contributed by atoms with E-state index in [4.69, 9.17) is 4.74 Å². The van der Waals surface area contributed by atoms with Crippen LogP contribution in [0.4, 0.5) is 0 Å². The number of carbonyl (C=O) groups is 1. The number of thioether (sulfide) groups is 1. The standard InChI is InChI=1S/C19H28N2O2S/c1-15-4-2-6-18(12-15)24-17-7-9-21(10-8-17)14-19(22)20-13-16-5-3-11-23-16/h2,4,6,12,16-17H,3,5,7-11,13-14H2,1H3,(H,20,22). The van der Waals surface area contributed by atoms with E-state index in [1.165, 1.54) is 10.5 Å². The summed E-state index contributed by atoms with van der Waals surface area (Å²) in [4.78, 5) is 15.7. The van der Waals surface area contributed by atoms with Gasteiger partial charge in [0.15, 0.2) is 0 Å². The van der Waals surface area contributed by atoms with Crippen molar-refractivity contribution < 1.29 is 9.53 Å². The van der Waals surface area contributed by atoms with Gasteiger partial charge in [0.25, 0.3) is 0 Å². The van der Waals surface area contributed by atoms with Gasteiger partial charge >= 0.3 is 0 Å². The van der Waals surface area contributed by atoms with Gasteiger partial charge in [0, 0.05) is 23.3 Å². The quantitative estimate of drug-likeness (QED) is 0.858. The number of hydrogen-bond donors (Lipinski definition) is 1. The summed E-state index contributed by atoms with van der Waals surface area (Å²) >= 11 is 1.98. The Kier molecular flexibility index (Phi) is 6.58. The Morgan fingerprint density at radius 3 is 2.88 bits per heavy atom. The topological polar surface area (TPSA) is 41.6 Å². The van der Waals surface area contributed by atoms with Crippen molar-refractivity contribution >= 4 is 17.7 Å². The predicted molar refractivity (Wildman–Crippen MR) is 98.5 cm³/mol. The van der Waals surface area contributed by atoms with Crippen LogP contribution in [0, 0.1) is 6.92 Å². The van der Waals surface area contributed by atoms with Crippen LogP contribution in [0.3, 0.4) is 0 Å². The molecule has 1 N–H and O–H groups in total. The highest BCUT2D eigenvalue weighted by molar-refractivity contribution is 8.00. The number of piperidine rings is 1. The first-order valence-electron chi connectivity index (χ1n) is 9.03. The fourth-order valence-electron chi connectivity index (χ4n) is 3.36. The molecule has 2 aliphatic rings. The number of carbonyl (C=O) groups excluding carboxylic acids is 1. The second-order valence-electron chi connectivity index (χ2n) is 6.85. The highest BCUT2D eigenvalue weighted by atomic mass is 32.2. The molecule has 0 aromatic heterocycles. The van der Waals surface area contributed by atoms with Crippen LogP contribution in [-0.4, -0.2) is 54.9 Å². The van der Waals surface area contributed by atoms with Crippen LogP contribution in [0.25, 0.3) is 0 Å². The molecule has 2 fully saturated rings. The van der Waals surface area contributed by atoms with Crippen LogP contribution < -0.4 is 5.32 Å². The monoisotopic (exact) mass is 348 g/mol. The summed E-state index contributed by atoms with van der Waals surface area (Å²) in [7, 11) is 0. The summed E-state index contributed by atoms with van der Waals surface area (Å²) in [5, 5.41) is 3.68. The third-order valence-corrected chi connectivity index (χ3v) is 6.08. The van der Waals surface area contributed by atoms with E-state index in [-0.39, 0.29) is 12.0 Å². The normalized spacial score (nSPS) is 22.6. The lowest BCUT2D eigenvalue weighted by atomic mass is 10.1. The molecule has 0 aliphatic carbocycles. The highest BCUT2D eigenvalue weighted by Gasteiger charge is 2.22. The average Bonchev–Trinajstić information content (AvgIpc) is 3.08. The molecule has 132 valence electrons. The molecule has 1 unspecified atom stereocenters. The average molecular weight is 349 g/mol. The zero-order valence-corrected chi connectivity index (χ0v) is 15.3. The van der Waals surface area contributed by atoms with Crippen molar-refractivity contribution in [2.45, 2.75) is 48.9 Å². The number of nitrogens with zero attached hydrogens (tertiary/aromatic N) is 1. The van der Waals surface area contributed by atoms with Gasteiger partial charge in [0.05, 0.1) is 12.6 Å². The smallest absolute Gasteiger partial charge is 0.234 e. The van der Waals surface area contributed by atoms with E-state index in [9.17, 15) is 4.79 Å². The lowest BCUT2D eigenvalue weighted by Gasteiger charge is -2.31. The summed E-state index contributed by atoms with van der Waals surface area (Å²) in [6.45, 7) is 6.19. The van der Waals surface area contributed by atoms with Crippen LogP contribution >= 0.6 is 11.8 Å². The van der Waals surface area contributed by atoms with Crippen molar-refractivity contribution in [2.24, 2.45) is 0 Å². The first kappa shape index (κ1) is 17.8. The summed E-state index contributed by atoms with van der Waals surface area (Å²) in [6, 6.07) is 8.73. The number of benzene rings is 1. The Bertz CT molecular complexity index is 538. The van der Waals surface area contributed by atoms with Crippen molar-refractivity contribution in [1.82, 2.24) is 10.2 Å². The number of nitrogens with one attached hydrogen (secondary N) is 1. The zero-order chi connectivity index (χ0) is 16.8. The molecule has 2 saturated heterocycles. The van der Waals surface area contributed by atoms with Crippen LogP contribution in [0.15, 0.2) is 29.2 Å². The third kappa shape index (κ3) is 5.50. The minimum Gasteiger partial charge on any atom is -0.376 e. The molecule has 0 saturated carbocycles. The molecule has 0 bridgehead atoms. The molecule has 4 nitrogen and oxygen atoms in total. The first-order valence-corrected chi connectivity index (χ1v) is 9.91. The summed E-state index contributed by atoms with van der Waals surface area (Å²) < 4.78 is 5.54. The molecular weight excluding hydrogens is 320 g/mol. The lowest BCUT2D eigenvalue weighted by Crippen LogP contribution is -2.43. The number of rotatable bonds is 6. The van der Waals surface area contributed by atoms with Crippen molar-refractivity contribution in [3.8, 4) is 0 Å². The van der Waals surface area contributed by atoms with Crippen LogP contribution in [-0.2, 0) is 9.53 Å². The zero-order valence-electron chi connectivity index (χ0n) is 14.5. The van der Waals surface area contributed by atoms with Crippen molar-refractivity contribution in [2.75, 3.05) is 32.8 Å². The van der Waals surface area contributed by atoms with Crippen LogP contribution in [0.5, 0.6) is 0 Å². The molecule has 5 heteroatoms. The van der Waals surface area contributed by atoms with Crippen LogP contribution in [0.1, 0.15) is 31.2 Å². The number of hydrogen-bond acceptors (Lipinski definition) is 4. The Morgan fingerprint density at radius 2 is 2.17 bits per heavy atom. The molecular formula is C19H28N2O2S. The first-order chi connectivity index (χ1) is 11.7. The minimum absolute atomic E-state index is 0.135. The SMILES string of the molecule is Cc1cccc(SC2CCN(CC(=O)NCC3CCCO3)CC2)c1. The number of ether oxygens (including phenoxy) is 1. The van der Waals surface area contributed by atoms with Crippen molar-refractivity contribution in [3.63, 3.8) is 0 Å². The Labute approximate surface area is 149 Å². The van der Waals surface area contributed by atoms with E-state index in [2.05, 4.69) is 41.4 Å². The van der Waals surface area contributed by atoms with Gasteiger partial charge in [-0.1, -0.05) is 17.7 Å². The molecule has 0 spiro atoms. The predicted octanol–water partition coefficient (Wildman–Crippen LogP) is 2.85. The van der Waals surface area contributed by atoms with E-state index in [1.54, 1.807) is 0 Å². The molecule has 0 radical (unpaired) electrons. The fraction of sp³-hybridized carbons (Fsp3) is 0.632. The van der Waals surface area contributed by atoms with E-state index < -0.39 is 0 Å². The van der Waals surface area contributed by atoms with Gasteiger partial charge in [-0.3, -0.25) is 9.69 Å². The molecule has 1 aromatic carbocycles. The lowest BCUT2D eigenvalue weighted by molar-refractivity contribution is -0.122. The van der Waals surface area contributed by atoms with Gasteiger partial charge in [-0.05, 0) is 57.8 Å². The number of likely N-dealkylation sites (tertiary alicyclic amines) is 1. The van der Waals surface area contributed by atoms with Gasteiger partial charge in [-0.25, -0.2) is 0 Å². The van der Waals surface area contributed by atoms with E-state index in [1.807, 2.05) is 11.8 Å². The molecule has 24 heavy (non-hydrogen) atoms. The van der Waals surface area contributed by atoms with Gasteiger partial charge in [0.1, 0.15) is 0 Å². The summed E-state index contributed by atoms with van der Waals surface area (Å²) in [6.07, 6.45) is 4.72. The molecule has 1 aromatic rings. The van der Waals surface area contributed by atoms with Gasteiger partial charge in [-0.15, -0.1) is 11.8 Å². The maximum atomic E-state index is 12.1. The summed E-state index contributed by atoms with van der Waals surface area (Å²) in [5.74, 6) is 0.135. The third-order valence-electron chi connectivity index (χ3n) is 4.74. The van der Waals surface area contributed by atoms with Crippen molar-refractivity contribution in [3.05, 3.63) is 29.8 Å². The van der Waals surface area contributed by atoms with Crippen LogP contribution in [0.2, 0.25) is 0 Å². The highest BCUT2D eigenvalue weighted by Crippen LogP contribution is 2.30. The van der Waals surface area contributed by atoms with E-state index >= 15 is 0 Å². The maximum Gasteiger partial charge on any atom is 0.234 e. The molecule has 3 rings (SSSR count). The minimum atomic E-state index is 0.135. The molecule has 1 amide bonds. The van der Waals surface area contributed by atoms with Crippen molar-refractivity contribution in [1.29, 1.82) is 0 Å². The second kappa shape index (κ2) is 8.88. The Hall–Kier alpha value is -1.04. The van der Waals surface area contributed by atoms with E-state index in [0.717, 1.165) is 45.4 Å². The number of aryl methyl sites for hydroxylation is 1. The van der Waals surface area contributed by atoms with Gasteiger partial charge in [-0.2, -0.15) is 0 Å².